The average molecular weight is 632 g/mol. The molecule has 11 heteroatoms. The normalized spacial score (nSPS) is 9.45. The quantitative estimate of drug-likeness (QED) is 0.362. The zero-order chi connectivity index (χ0) is 22.1. The molecule has 0 fully saturated rings. The third-order valence-corrected chi connectivity index (χ3v) is 2.92. The van der Waals surface area contributed by atoms with Crippen molar-refractivity contribution in [2.45, 2.75) is 26.1 Å². The SMILES string of the molecule is N#CCc1ccccc1OC(F)F.N#CCc1ccccc1OC(F)F.[Cl][Pt][Cl]. The number of nitriles is 2. The zero-order valence-electron chi connectivity index (χ0n) is 14.5. The first-order chi connectivity index (χ1) is 13.9. The van der Waals surface area contributed by atoms with Gasteiger partial charge >= 0.3 is 48.5 Å². The molecule has 0 bridgehead atoms. The molecule has 0 saturated heterocycles. The fourth-order valence-electron chi connectivity index (χ4n) is 1.89. The molecule has 0 radical (unpaired) electrons. The third-order valence-electron chi connectivity index (χ3n) is 2.92. The minimum atomic E-state index is -2.85. The molecule has 0 atom stereocenters. The Morgan fingerprint density at radius 1 is 0.759 bits per heavy atom. The van der Waals surface area contributed by atoms with Gasteiger partial charge in [0.05, 0.1) is 25.0 Å². The van der Waals surface area contributed by atoms with Crippen LogP contribution >= 0.6 is 18.8 Å². The van der Waals surface area contributed by atoms with Gasteiger partial charge in [-0.1, -0.05) is 36.4 Å². The summed E-state index contributed by atoms with van der Waals surface area (Å²) >= 11 is -0.472. The zero-order valence-corrected chi connectivity index (χ0v) is 18.3. The fourth-order valence-corrected chi connectivity index (χ4v) is 1.89. The van der Waals surface area contributed by atoms with E-state index in [2.05, 4.69) is 9.47 Å². The summed E-state index contributed by atoms with van der Waals surface area (Å²) in [7, 11) is 9.75. The number of rotatable bonds is 6. The number of alkyl halides is 4. The Balaban J connectivity index is 0.000000477. The molecule has 0 saturated carbocycles. The molecule has 0 amide bonds. The second-order valence-electron chi connectivity index (χ2n) is 4.69. The van der Waals surface area contributed by atoms with Crippen LogP contribution in [0.25, 0.3) is 0 Å². The van der Waals surface area contributed by atoms with Crippen molar-refractivity contribution in [1.82, 2.24) is 0 Å². The molecular formula is C18H14Cl2F4N2O2Pt. The average Bonchev–Trinajstić information content (AvgIpc) is 2.66. The molecule has 29 heavy (non-hydrogen) atoms. The van der Waals surface area contributed by atoms with E-state index in [9.17, 15) is 17.6 Å². The van der Waals surface area contributed by atoms with Gasteiger partial charge in [-0.2, -0.15) is 28.1 Å². The second kappa shape index (κ2) is 16.9. The maximum absolute atomic E-state index is 11.8. The summed E-state index contributed by atoms with van der Waals surface area (Å²) in [6.45, 7) is -5.69. The van der Waals surface area contributed by atoms with E-state index in [1.54, 1.807) is 36.4 Å². The predicted octanol–water partition coefficient (Wildman–Crippen LogP) is 6.08. The van der Waals surface area contributed by atoms with Gasteiger partial charge in [0.2, 0.25) is 0 Å². The molecule has 0 spiro atoms. The summed E-state index contributed by atoms with van der Waals surface area (Å²) in [6.07, 6.45) is 0.145. The molecule has 2 rings (SSSR count). The number of nitrogens with zero attached hydrogens (tertiary/aromatic N) is 2. The Kier molecular flexibility index (Phi) is 15.8. The third kappa shape index (κ3) is 13.0. The Labute approximate surface area is 181 Å². The fraction of sp³-hybridized carbons (Fsp3) is 0.222. The van der Waals surface area contributed by atoms with E-state index in [1.165, 1.54) is 12.1 Å². The Morgan fingerprint density at radius 2 is 1.07 bits per heavy atom. The van der Waals surface area contributed by atoms with Crippen molar-refractivity contribution < 1.29 is 43.5 Å². The van der Waals surface area contributed by atoms with Gasteiger partial charge in [-0.3, -0.25) is 0 Å². The van der Waals surface area contributed by atoms with Crippen LogP contribution in [-0.2, 0) is 29.3 Å². The molecule has 0 heterocycles. The molecule has 160 valence electrons. The summed E-state index contributed by atoms with van der Waals surface area (Å²) in [6, 6.07) is 16.3. The van der Waals surface area contributed by atoms with Crippen LogP contribution in [0, 0.1) is 22.7 Å². The molecule has 0 aliphatic heterocycles. The van der Waals surface area contributed by atoms with Crippen molar-refractivity contribution in [1.29, 1.82) is 10.5 Å². The van der Waals surface area contributed by atoms with Gasteiger partial charge in [0.15, 0.2) is 0 Å². The van der Waals surface area contributed by atoms with Crippen LogP contribution in [0.5, 0.6) is 11.5 Å². The number of benzene rings is 2. The summed E-state index contributed by atoms with van der Waals surface area (Å²) < 4.78 is 55.8. The molecule has 4 nitrogen and oxygen atoms in total. The van der Waals surface area contributed by atoms with Crippen LogP contribution in [0.2, 0.25) is 0 Å². The van der Waals surface area contributed by atoms with Crippen LogP contribution in [0.3, 0.4) is 0 Å². The van der Waals surface area contributed by atoms with E-state index >= 15 is 0 Å². The monoisotopic (exact) mass is 631 g/mol. The molecule has 0 aromatic heterocycles. The van der Waals surface area contributed by atoms with Crippen molar-refractivity contribution in [2.75, 3.05) is 0 Å². The van der Waals surface area contributed by atoms with Gasteiger partial charge in [0.1, 0.15) is 11.5 Å². The van der Waals surface area contributed by atoms with E-state index in [0.717, 1.165) is 0 Å². The van der Waals surface area contributed by atoms with Crippen LogP contribution in [-0.4, -0.2) is 13.2 Å². The number of para-hydroxylation sites is 2. The van der Waals surface area contributed by atoms with Crippen LogP contribution < -0.4 is 9.47 Å². The van der Waals surface area contributed by atoms with Gasteiger partial charge in [-0.25, -0.2) is 0 Å². The summed E-state index contributed by atoms with van der Waals surface area (Å²) in [5, 5.41) is 16.8. The van der Waals surface area contributed by atoms with Crippen LogP contribution in [0.1, 0.15) is 11.1 Å². The number of halogens is 6. The second-order valence-corrected chi connectivity index (χ2v) is 7.97. The first kappa shape index (κ1) is 27.0. The molecule has 0 unspecified atom stereocenters. The minimum absolute atomic E-state index is 0.0686. The molecular weight excluding hydrogens is 618 g/mol. The van der Waals surface area contributed by atoms with E-state index in [4.69, 9.17) is 29.4 Å². The number of hydrogen-bond acceptors (Lipinski definition) is 4. The van der Waals surface area contributed by atoms with Crippen LogP contribution in [0.15, 0.2) is 48.5 Å². The first-order valence-corrected chi connectivity index (χ1v) is 13.1. The topological polar surface area (TPSA) is 66.0 Å². The van der Waals surface area contributed by atoms with Crippen molar-refractivity contribution in [2.24, 2.45) is 0 Å². The van der Waals surface area contributed by atoms with Gasteiger partial charge < -0.3 is 9.47 Å². The summed E-state index contributed by atoms with van der Waals surface area (Å²) in [5.41, 5.74) is 0.954. The van der Waals surface area contributed by atoms with Gasteiger partial charge in [0.25, 0.3) is 0 Å². The predicted molar refractivity (Wildman–Crippen MR) is 96.5 cm³/mol. The molecule has 0 N–H and O–H groups in total. The van der Waals surface area contributed by atoms with E-state index in [1.807, 2.05) is 12.1 Å². The maximum atomic E-state index is 11.8. The number of hydrogen-bond donors (Lipinski definition) is 0. The number of ether oxygens (including phenoxy) is 2. The molecule has 0 aliphatic carbocycles. The van der Waals surface area contributed by atoms with Crippen LogP contribution in [0.4, 0.5) is 17.6 Å². The Bertz CT molecular complexity index is 736. The van der Waals surface area contributed by atoms with Crippen molar-refractivity contribution >= 4 is 18.8 Å². The van der Waals surface area contributed by atoms with Crippen molar-refractivity contribution in [3.63, 3.8) is 0 Å². The van der Waals surface area contributed by atoms with Gasteiger partial charge in [-0.15, -0.1) is 0 Å². The molecule has 2 aromatic carbocycles. The summed E-state index contributed by atoms with van der Waals surface area (Å²) in [4.78, 5) is 0. The Morgan fingerprint density at radius 3 is 1.34 bits per heavy atom. The molecule has 0 aliphatic rings. The van der Waals surface area contributed by atoms with E-state index < -0.39 is 29.7 Å². The first-order valence-electron chi connectivity index (χ1n) is 7.51. The van der Waals surface area contributed by atoms with Gasteiger partial charge in [0, 0.05) is 11.1 Å². The van der Waals surface area contributed by atoms with E-state index in [0.29, 0.717) is 11.1 Å². The van der Waals surface area contributed by atoms with Crippen molar-refractivity contribution in [3.05, 3.63) is 59.7 Å². The standard InChI is InChI=1S/2C9H7F2NO.2ClH.Pt/c2*10-9(11)13-8-4-2-1-3-7(8)5-6-12;;;/h2*1-4,9H,5H2;2*1H;/q;;;;+2/p-2. The van der Waals surface area contributed by atoms with Crippen molar-refractivity contribution in [3.8, 4) is 23.6 Å². The summed E-state index contributed by atoms with van der Waals surface area (Å²) in [5.74, 6) is 0.137. The van der Waals surface area contributed by atoms with Gasteiger partial charge in [-0.05, 0) is 12.1 Å². The molecule has 2 aromatic rings. The van der Waals surface area contributed by atoms with E-state index in [-0.39, 0.29) is 24.3 Å². The Hall–Kier alpha value is -1.99.